The van der Waals surface area contributed by atoms with Crippen molar-refractivity contribution in [1.29, 1.82) is 0 Å². The van der Waals surface area contributed by atoms with Crippen LogP contribution in [0.2, 0.25) is 0 Å². The average Bonchev–Trinajstić information content (AvgIpc) is 2.97. The fourth-order valence-corrected chi connectivity index (χ4v) is 2.31. The highest BCUT2D eigenvalue weighted by Gasteiger charge is 2.48. The van der Waals surface area contributed by atoms with E-state index < -0.39 is 6.04 Å². The first-order valence-electron chi connectivity index (χ1n) is 5.98. The zero-order valence-electron chi connectivity index (χ0n) is 10.4. The molecule has 5 nitrogen and oxygen atoms in total. The van der Waals surface area contributed by atoms with E-state index in [1.54, 1.807) is 24.3 Å². The lowest BCUT2D eigenvalue weighted by atomic mass is 9.92. The third-order valence-corrected chi connectivity index (χ3v) is 3.33. The van der Waals surface area contributed by atoms with Crippen LogP contribution in [0.4, 0.5) is 5.69 Å². The Bertz CT molecular complexity index is 577. The maximum absolute atomic E-state index is 12.0. The fraction of sp³-hybridized carbons (Fsp3) is 0.214. The maximum Gasteiger partial charge on any atom is 0.247 e. The lowest BCUT2D eigenvalue weighted by Crippen LogP contribution is -2.63. The Hall–Kier alpha value is -2.27. The highest BCUT2D eigenvalue weighted by molar-refractivity contribution is 6.05. The van der Waals surface area contributed by atoms with Crippen molar-refractivity contribution in [2.24, 2.45) is 5.73 Å². The molecule has 1 fully saturated rings. The minimum absolute atomic E-state index is 0.105. The molecule has 0 spiro atoms. The van der Waals surface area contributed by atoms with Gasteiger partial charge in [0.2, 0.25) is 5.91 Å². The van der Waals surface area contributed by atoms with Crippen LogP contribution >= 0.6 is 0 Å². The van der Waals surface area contributed by atoms with Gasteiger partial charge in [-0.25, -0.2) is 0 Å². The molecule has 0 saturated carbocycles. The molecule has 2 N–H and O–H groups in total. The molecule has 2 unspecified atom stereocenters. The van der Waals surface area contributed by atoms with Crippen LogP contribution in [0.1, 0.15) is 11.8 Å². The van der Waals surface area contributed by atoms with Crippen molar-refractivity contribution in [2.45, 2.75) is 12.1 Å². The minimum Gasteiger partial charge on any atom is -0.497 e. The van der Waals surface area contributed by atoms with Crippen LogP contribution in [0, 0.1) is 0 Å². The second-order valence-corrected chi connectivity index (χ2v) is 4.39. The number of anilines is 1. The zero-order chi connectivity index (χ0) is 13.4. The Kier molecular flexibility index (Phi) is 2.76. The summed E-state index contributed by atoms with van der Waals surface area (Å²) >= 11 is 0. The molecule has 19 heavy (non-hydrogen) atoms. The van der Waals surface area contributed by atoms with Crippen molar-refractivity contribution in [3.05, 3.63) is 48.4 Å². The Morgan fingerprint density at radius 2 is 2.00 bits per heavy atom. The Morgan fingerprint density at radius 3 is 2.58 bits per heavy atom. The molecule has 1 aromatic carbocycles. The predicted molar refractivity (Wildman–Crippen MR) is 69.9 cm³/mol. The van der Waals surface area contributed by atoms with E-state index in [1.807, 2.05) is 30.3 Å². The summed E-state index contributed by atoms with van der Waals surface area (Å²) in [7, 11) is 1.60. The predicted octanol–water partition coefficient (Wildman–Crippen LogP) is 1.70. The third-order valence-electron chi connectivity index (χ3n) is 3.33. The van der Waals surface area contributed by atoms with Gasteiger partial charge in [0.05, 0.1) is 13.4 Å². The molecule has 1 saturated heterocycles. The number of hydrogen-bond donors (Lipinski definition) is 1. The molecule has 3 rings (SSSR count). The zero-order valence-corrected chi connectivity index (χ0v) is 10.4. The summed E-state index contributed by atoms with van der Waals surface area (Å²) in [5.74, 6) is 1.34. The van der Waals surface area contributed by atoms with Gasteiger partial charge in [0.15, 0.2) is 0 Å². The average molecular weight is 258 g/mol. The topological polar surface area (TPSA) is 68.7 Å². The van der Waals surface area contributed by atoms with Crippen LogP contribution in [0.15, 0.2) is 47.1 Å². The van der Waals surface area contributed by atoms with Gasteiger partial charge in [0.1, 0.15) is 23.6 Å². The van der Waals surface area contributed by atoms with Gasteiger partial charge in [0, 0.05) is 5.69 Å². The second-order valence-electron chi connectivity index (χ2n) is 4.39. The van der Waals surface area contributed by atoms with Gasteiger partial charge >= 0.3 is 0 Å². The molecule has 5 heteroatoms. The van der Waals surface area contributed by atoms with E-state index in [2.05, 4.69) is 0 Å². The van der Waals surface area contributed by atoms with E-state index in [1.165, 1.54) is 0 Å². The van der Waals surface area contributed by atoms with Crippen LogP contribution in [-0.4, -0.2) is 19.1 Å². The number of furan rings is 1. The van der Waals surface area contributed by atoms with Crippen LogP contribution in [0.5, 0.6) is 5.75 Å². The quantitative estimate of drug-likeness (QED) is 0.851. The molecule has 2 atom stereocenters. The van der Waals surface area contributed by atoms with Gasteiger partial charge in [-0.05, 0) is 36.4 Å². The van der Waals surface area contributed by atoms with Crippen molar-refractivity contribution in [1.82, 2.24) is 0 Å². The number of carbonyl (C=O) groups is 1. The number of nitrogens with two attached hydrogens (primary N) is 1. The van der Waals surface area contributed by atoms with E-state index in [-0.39, 0.29) is 11.9 Å². The largest absolute Gasteiger partial charge is 0.497 e. The van der Waals surface area contributed by atoms with Crippen molar-refractivity contribution in [3.63, 3.8) is 0 Å². The second kappa shape index (κ2) is 4.44. The number of hydrogen-bond acceptors (Lipinski definition) is 4. The number of amides is 1. The number of rotatable bonds is 3. The number of carbonyl (C=O) groups excluding carboxylic acids is 1. The fourth-order valence-electron chi connectivity index (χ4n) is 2.31. The van der Waals surface area contributed by atoms with Crippen LogP contribution in [0.25, 0.3) is 0 Å². The van der Waals surface area contributed by atoms with Crippen LogP contribution in [-0.2, 0) is 4.79 Å². The minimum atomic E-state index is -0.548. The van der Waals surface area contributed by atoms with Crippen LogP contribution < -0.4 is 15.4 Å². The Balaban J connectivity index is 1.91. The van der Waals surface area contributed by atoms with Gasteiger partial charge in [0.25, 0.3) is 0 Å². The summed E-state index contributed by atoms with van der Waals surface area (Å²) < 4.78 is 10.5. The Morgan fingerprint density at radius 1 is 1.26 bits per heavy atom. The smallest absolute Gasteiger partial charge is 0.247 e. The lowest BCUT2D eigenvalue weighted by Gasteiger charge is -2.44. The van der Waals surface area contributed by atoms with Gasteiger partial charge in [-0.3, -0.25) is 9.69 Å². The molecular formula is C14H14N2O3. The van der Waals surface area contributed by atoms with Crippen LogP contribution in [0.3, 0.4) is 0 Å². The van der Waals surface area contributed by atoms with E-state index in [4.69, 9.17) is 14.9 Å². The maximum atomic E-state index is 12.0. The van der Waals surface area contributed by atoms with E-state index in [0.29, 0.717) is 5.76 Å². The number of benzene rings is 1. The van der Waals surface area contributed by atoms with Crippen molar-refractivity contribution >= 4 is 11.6 Å². The summed E-state index contributed by atoms with van der Waals surface area (Å²) in [6.07, 6.45) is 1.58. The molecule has 2 heterocycles. The Labute approximate surface area is 110 Å². The standard InChI is InChI=1S/C14H14N2O3/c1-18-10-6-4-9(5-7-10)16-13(12(15)14(16)17)11-3-2-8-19-11/h2-8,12-13H,15H2,1H3. The summed E-state index contributed by atoms with van der Waals surface area (Å²) in [6, 6.07) is 10.1. The van der Waals surface area contributed by atoms with Crippen molar-refractivity contribution in [2.75, 3.05) is 12.0 Å². The van der Waals surface area contributed by atoms with Gasteiger partial charge in [-0.1, -0.05) is 0 Å². The summed E-state index contributed by atoms with van der Waals surface area (Å²) in [5.41, 5.74) is 6.65. The summed E-state index contributed by atoms with van der Waals surface area (Å²) in [5, 5.41) is 0. The van der Waals surface area contributed by atoms with Crippen molar-refractivity contribution < 1.29 is 13.9 Å². The molecule has 0 aliphatic carbocycles. The first-order valence-corrected chi connectivity index (χ1v) is 5.98. The summed E-state index contributed by atoms with van der Waals surface area (Å²) in [6.45, 7) is 0. The molecule has 1 aromatic heterocycles. The number of ether oxygens (including phenoxy) is 1. The molecule has 98 valence electrons. The molecule has 1 aliphatic rings. The molecule has 0 bridgehead atoms. The van der Waals surface area contributed by atoms with E-state index in [9.17, 15) is 4.79 Å². The monoisotopic (exact) mass is 258 g/mol. The third kappa shape index (κ3) is 1.79. The van der Waals surface area contributed by atoms with E-state index >= 15 is 0 Å². The summed E-state index contributed by atoms with van der Waals surface area (Å²) in [4.78, 5) is 13.6. The SMILES string of the molecule is COc1ccc(N2C(=O)C(N)C2c2ccco2)cc1. The highest BCUT2D eigenvalue weighted by Crippen LogP contribution is 2.38. The highest BCUT2D eigenvalue weighted by atomic mass is 16.5. The molecule has 1 amide bonds. The number of nitrogens with zero attached hydrogens (tertiary/aromatic N) is 1. The normalized spacial score (nSPS) is 22.2. The lowest BCUT2D eigenvalue weighted by molar-refractivity contribution is -0.126. The number of β-lactam (4-membered cyclic amide) rings is 1. The van der Waals surface area contributed by atoms with Gasteiger partial charge < -0.3 is 14.9 Å². The van der Waals surface area contributed by atoms with Gasteiger partial charge in [-0.2, -0.15) is 0 Å². The first kappa shape index (κ1) is 11.8. The van der Waals surface area contributed by atoms with Crippen molar-refractivity contribution in [3.8, 4) is 5.75 Å². The molecule has 0 radical (unpaired) electrons. The van der Waals surface area contributed by atoms with E-state index in [0.717, 1.165) is 11.4 Å². The first-order chi connectivity index (χ1) is 9.22. The van der Waals surface area contributed by atoms with Gasteiger partial charge in [-0.15, -0.1) is 0 Å². The molecular weight excluding hydrogens is 244 g/mol. The molecule has 1 aliphatic heterocycles. The molecule has 2 aromatic rings. The number of methoxy groups -OCH3 is 1.